The number of nitrogens with zero attached hydrogens (tertiary/aromatic N) is 1. The third-order valence-corrected chi connectivity index (χ3v) is 4.72. The van der Waals surface area contributed by atoms with Crippen molar-refractivity contribution in [2.24, 2.45) is 5.92 Å². The summed E-state index contributed by atoms with van der Waals surface area (Å²) < 4.78 is 0. The summed E-state index contributed by atoms with van der Waals surface area (Å²) in [7, 11) is 0. The van der Waals surface area contributed by atoms with Crippen molar-refractivity contribution in [3.05, 3.63) is 39.9 Å². The summed E-state index contributed by atoms with van der Waals surface area (Å²) in [6, 6.07) is 7.45. The lowest BCUT2D eigenvalue weighted by atomic mass is 9.92. The van der Waals surface area contributed by atoms with Gasteiger partial charge in [0.25, 0.3) is 5.69 Å². The number of nitro groups is 1. The molecule has 2 atom stereocenters. The Balaban J connectivity index is 2.03. The highest BCUT2D eigenvalue weighted by Gasteiger charge is 2.23. The highest BCUT2D eigenvalue weighted by Crippen LogP contribution is 2.29. The zero-order valence-electron chi connectivity index (χ0n) is 13.0. The van der Waals surface area contributed by atoms with Gasteiger partial charge in [-0.3, -0.25) is 10.1 Å². The molecule has 0 heterocycles. The summed E-state index contributed by atoms with van der Waals surface area (Å²) in [6.45, 7) is 4.25. The molecule has 0 aromatic heterocycles. The molecule has 4 heteroatoms. The van der Waals surface area contributed by atoms with E-state index in [1.165, 1.54) is 38.5 Å². The van der Waals surface area contributed by atoms with Gasteiger partial charge in [-0.05, 0) is 32.6 Å². The van der Waals surface area contributed by atoms with Gasteiger partial charge in [0.2, 0.25) is 0 Å². The van der Waals surface area contributed by atoms with Crippen LogP contribution in [0, 0.1) is 16.0 Å². The van der Waals surface area contributed by atoms with Crippen LogP contribution in [0.15, 0.2) is 24.3 Å². The van der Waals surface area contributed by atoms with Crippen molar-refractivity contribution in [2.75, 3.05) is 0 Å². The molecule has 0 aliphatic heterocycles. The van der Waals surface area contributed by atoms with E-state index >= 15 is 0 Å². The number of para-hydroxylation sites is 1. The summed E-state index contributed by atoms with van der Waals surface area (Å²) in [5.41, 5.74) is 0.994. The van der Waals surface area contributed by atoms with E-state index in [1.807, 2.05) is 19.1 Å². The number of rotatable bonds is 5. The molecule has 1 aliphatic carbocycles. The minimum Gasteiger partial charge on any atom is -0.307 e. The van der Waals surface area contributed by atoms with Crippen LogP contribution < -0.4 is 5.32 Å². The summed E-state index contributed by atoms with van der Waals surface area (Å²) in [5.74, 6) is 0.692. The predicted octanol–water partition coefficient (Wildman–Crippen LogP) is 4.60. The Bertz CT molecular complexity index is 468. The molecule has 0 radical (unpaired) electrons. The molecular weight excluding hydrogens is 264 g/mol. The largest absolute Gasteiger partial charge is 0.307 e. The second-order valence-corrected chi connectivity index (χ2v) is 6.24. The van der Waals surface area contributed by atoms with Gasteiger partial charge in [-0.2, -0.15) is 0 Å². The minimum absolute atomic E-state index is 0.00449. The molecule has 2 rings (SSSR count). The van der Waals surface area contributed by atoms with Crippen LogP contribution in [0.4, 0.5) is 5.69 Å². The predicted molar refractivity (Wildman–Crippen MR) is 85.3 cm³/mol. The van der Waals surface area contributed by atoms with Crippen molar-refractivity contribution >= 4 is 5.69 Å². The Morgan fingerprint density at radius 2 is 1.76 bits per heavy atom. The minimum atomic E-state index is -0.288. The zero-order valence-corrected chi connectivity index (χ0v) is 13.0. The smallest absolute Gasteiger partial charge is 0.274 e. The van der Waals surface area contributed by atoms with Crippen molar-refractivity contribution in [2.45, 2.75) is 64.5 Å². The molecule has 1 aromatic carbocycles. The van der Waals surface area contributed by atoms with Gasteiger partial charge >= 0.3 is 0 Å². The fourth-order valence-corrected chi connectivity index (χ4v) is 3.45. The van der Waals surface area contributed by atoms with E-state index in [2.05, 4.69) is 12.2 Å². The number of hydrogen-bond donors (Lipinski definition) is 1. The Morgan fingerprint density at radius 1 is 1.14 bits per heavy atom. The van der Waals surface area contributed by atoms with Crippen LogP contribution in [0.5, 0.6) is 0 Å². The van der Waals surface area contributed by atoms with Gasteiger partial charge in [-0.1, -0.05) is 43.9 Å². The Morgan fingerprint density at radius 3 is 2.38 bits per heavy atom. The number of nitro benzene ring substituents is 1. The summed E-state index contributed by atoms with van der Waals surface area (Å²) in [4.78, 5) is 10.8. The summed E-state index contributed by atoms with van der Waals surface area (Å²) in [5, 5.41) is 14.7. The molecule has 116 valence electrons. The fraction of sp³-hybridized carbons (Fsp3) is 0.647. The van der Waals surface area contributed by atoms with E-state index in [9.17, 15) is 10.1 Å². The first kappa shape index (κ1) is 16.0. The summed E-state index contributed by atoms with van der Waals surface area (Å²) in [6.07, 6.45) is 7.88. The highest BCUT2D eigenvalue weighted by atomic mass is 16.6. The molecule has 1 aliphatic rings. The van der Waals surface area contributed by atoms with Crippen LogP contribution >= 0.6 is 0 Å². The number of benzene rings is 1. The van der Waals surface area contributed by atoms with Crippen LogP contribution in [0.25, 0.3) is 0 Å². The van der Waals surface area contributed by atoms with Crippen LogP contribution in [0.1, 0.15) is 64.0 Å². The first-order valence-corrected chi connectivity index (χ1v) is 8.09. The molecule has 21 heavy (non-hydrogen) atoms. The quantitative estimate of drug-likeness (QED) is 0.489. The molecule has 1 N–H and O–H groups in total. The SMILES string of the molecule is CC(N[C@@H](C)C1CCCCCC1)c1ccccc1[N+](=O)[O-]. The first-order chi connectivity index (χ1) is 10.1. The second kappa shape index (κ2) is 7.55. The molecule has 1 saturated carbocycles. The van der Waals surface area contributed by atoms with Crippen LogP contribution in [-0.4, -0.2) is 11.0 Å². The monoisotopic (exact) mass is 290 g/mol. The Kier molecular flexibility index (Phi) is 5.74. The van der Waals surface area contributed by atoms with E-state index in [4.69, 9.17) is 0 Å². The summed E-state index contributed by atoms with van der Waals surface area (Å²) >= 11 is 0. The molecule has 1 aromatic rings. The van der Waals surface area contributed by atoms with Crippen molar-refractivity contribution in [1.82, 2.24) is 5.32 Å². The normalized spacial score (nSPS) is 19.7. The maximum Gasteiger partial charge on any atom is 0.274 e. The van der Waals surface area contributed by atoms with Crippen molar-refractivity contribution in [1.29, 1.82) is 0 Å². The standard InChI is InChI=1S/C17H26N2O2/c1-13(15-9-5-3-4-6-10-15)18-14(2)16-11-7-8-12-17(16)19(20)21/h7-8,11-15,18H,3-6,9-10H2,1-2H3/t13-,14?/m0/s1. The van der Waals surface area contributed by atoms with E-state index in [0.717, 1.165) is 5.56 Å². The lowest BCUT2D eigenvalue weighted by Gasteiger charge is -2.27. The van der Waals surface area contributed by atoms with Gasteiger partial charge in [0, 0.05) is 23.7 Å². The van der Waals surface area contributed by atoms with Crippen molar-refractivity contribution < 1.29 is 4.92 Å². The fourth-order valence-electron chi connectivity index (χ4n) is 3.45. The highest BCUT2D eigenvalue weighted by molar-refractivity contribution is 5.41. The molecule has 0 amide bonds. The van der Waals surface area contributed by atoms with Crippen LogP contribution in [-0.2, 0) is 0 Å². The van der Waals surface area contributed by atoms with E-state index in [-0.39, 0.29) is 16.7 Å². The van der Waals surface area contributed by atoms with Gasteiger partial charge < -0.3 is 5.32 Å². The van der Waals surface area contributed by atoms with E-state index in [1.54, 1.807) is 12.1 Å². The van der Waals surface area contributed by atoms with Crippen LogP contribution in [0.3, 0.4) is 0 Å². The average molecular weight is 290 g/mol. The molecule has 0 bridgehead atoms. The lowest BCUT2D eigenvalue weighted by Crippen LogP contribution is -2.35. The molecule has 1 unspecified atom stereocenters. The number of nitrogens with one attached hydrogen (secondary N) is 1. The van der Waals surface area contributed by atoms with Gasteiger partial charge in [-0.15, -0.1) is 0 Å². The average Bonchev–Trinajstić information content (AvgIpc) is 2.76. The third-order valence-electron chi connectivity index (χ3n) is 4.72. The molecule has 0 spiro atoms. The molecule has 4 nitrogen and oxygen atoms in total. The first-order valence-electron chi connectivity index (χ1n) is 8.09. The molecule has 1 fully saturated rings. The molecule has 0 saturated heterocycles. The van der Waals surface area contributed by atoms with E-state index in [0.29, 0.717) is 12.0 Å². The van der Waals surface area contributed by atoms with Crippen molar-refractivity contribution in [3.63, 3.8) is 0 Å². The lowest BCUT2D eigenvalue weighted by molar-refractivity contribution is -0.385. The molecular formula is C17H26N2O2. The third kappa shape index (κ3) is 4.27. The maximum atomic E-state index is 11.1. The van der Waals surface area contributed by atoms with Gasteiger partial charge in [0.05, 0.1) is 4.92 Å². The van der Waals surface area contributed by atoms with Crippen molar-refractivity contribution in [3.8, 4) is 0 Å². The Labute approximate surface area is 127 Å². The van der Waals surface area contributed by atoms with Crippen LogP contribution in [0.2, 0.25) is 0 Å². The maximum absolute atomic E-state index is 11.1. The van der Waals surface area contributed by atoms with Gasteiger partial charge in [0.15, 0.2) is 0 Å². The Hall–Kier alpha value is -1.42. The van der Waals surface area contributed by atoms with Gasteiger partial charge in [0.1, 0.15) is 0 Å². The number of hydrogen-bond acceptors (Lipinski definition) is 3. The van der Waals surface area contributed by atoms with E-state index < -0.39 is 0 Å². The van der Waals surface area contributed by atoms with Gasteiger partial charge in [-0.25, -0.2) is 0 Å². The topological polar surface area (TPSA) is 55.2 Å². The second-order valence-electron chi connectivity index (χ2n) is 6.24. The zero-order chi connectivity index (χ0) is 15.2.